The van der Waals surface area contributed by atoms with Gasteiger partial charge in [-0.05, 0) is 29.8 Å². The molecule has 0 saturated heterocycles. The highest BCUT2D eigenvalue weighted by atomic mass is 16.4. The molecule has 4 heteroatoms. The number of rotatable bonds is 7. The van der Waals surface area contributed by atoms with E-state index in [0.717, 1.165) is 5.56 Å². The van der Waals surface area contributed by atoms with Gasteiger partial charge in [0, 0.05) is 23.2 Å². The van der Waals surface area contributed by atoms with E-state index in [2.05, 4.69) is 5.32 Å². The van der Waals surface area contributed by atoms with E-state index in [1.54, 1.807) is 36.4 Å². The van der Waals surface area contributed by atoms with Crippen LogP contribution in [0.5, 0.6) is 0 Å². The Morgan fingerprint density at radius 1 is 0.769 bits per heavy atom. The minimum atomic E-state index is -0.918. The van der Waals surface area contributed by atoms with Crippen LogP contribution < -0.4 is 5.32 Å². The maximum atomic E-state index is 12.4. The van der Waals surface area contributed by atoms with Gasteiger partial charge in [-0.25, -0.2) is 4.79 Å². The van der Waals surface area contributed by atoms with E-state index >= 15 is 0 Å². The predicted molar refractivity (Wildman–Crippen MR) is 102 cm³/mol. The Morgan fingerprint density at radius 2 is 1.31 bits per heavy atom. The maximum Gasteiger partial charge on any atom is 0.326 e. The lowest BCUT2D eigenvalue weighted by atomic mass is 10.0. The van der Waals surface area contributed by atoms with Crippen molar-refractivity contribution in [1.29, 1.82) is 0 Å². The van der Waals surface area contributed by atoms with Gasteiger partial charge < -0.3 is 10.4 Å². The van der Waals surface area contributed by atoms with Crippen molar-refractivity contribution < 1.29 is 14.7 Å². The standard InChI is InChI=1S/C22H19NO3/c24-21(17-9-5-2-6-10-17)18-11-13-19(14-12-18)23-20(22(25)26)15-16-7-3-1-4-8-16/h1-14,20,23H,15H2,(H,25,26)/t20-/m0/s1. The molecule has 3 aromatic carbocycles. The summed E-state index contributed by atoms with van der Waals surface area (Å²) in [6.07, 6.45) is 0.376. The summed E-state index contributed by atoms with van der Waals surface area (Å²) in [4.78, 5) is 24.0. The third-order valence-electron chi connectivity index (χ3n) is 4.10. The van der Waals surface area contributed by atoms with Gasteiger partial charge in [-0.3, -0.25) is 4.79 Å². The molecule has 3 aromatic rings. The van der Waals surface area contributed by atoms with E-state index in [4.69, 9.17) is 0 Å². The Kier molecular flexibility index (Phi) is 5.44. The Labute approximate surface area is 152 Å². The summed E-state index contributed by atoms with van der Waals surface area (Å²) in [6, 6.07) is 24.7. The summed E-state index contributed by atoms with van der Waals surface area (Å²) in [5.74, 6) is -0.977. The Bertz CT molecular complexity index is 874. The molecule has 2 N–H and O–H groups in total. The summed E-state index contributed by atoms with van der Waals surface area (Å²) in [5.41, 5.74) is 2.80. The molecule has 3 rings (SSSR count). The summed E-state index contributed by atoms with van der Waals surface area (Å²) in [7, 11) is 0. The number of ketones is 1. The molecule has 0 amide bonds. The molecule has 1 atom stereocenters. The Morgan fingerprint density at radius 3 is 1.88 bits per heavy atom. The summed E-state index contributed by atoms with van der Waals surface area (Å²) >= 11 is 0. The number of carboxylic acids is 1. The van der Waals surface area contributed by atoms with Crippen LogP contribution in [0.4, 0.5) is 5.69 Å². The first-order valence-electron chi connectivity index (χ1n) is 8.36. The lowest BCUT2D eigenvalue weighted by molar-refractivity contribution is -0.137. The summed E-state index contributed by atoms with van der Waals surface area (Å²) < 4.78 is 0. The second-order valence-electron chi connectivity index (χ2n) is 6.00. The van der Waals surface area contributed by atoms with E-state index in [1.807, 2.05) is 48.5 Å². The number of carboxylic acid groups (broad SMARTS) is 1. The van der Waals surface area contributed by atoms with Gasteiger partial charge in [0.25, 0.3) is 0 Å². The molecular formula is C22H19NO3. The number of hydrogen-bond acceptors (Lipinski definition) is 3. The first-order valence-corrected chi connectivity index (χ1v) is 8.36. The van der Waals surface area contributed by atoms with Crippen LogP contribution in [0.3, 0.4) is 0 Å². The summed E-state index contributed by atoms with van der Waals surface area (Å²) in [6.45, 7) is 0. The van der Waals surface area contributed by atoms with Crippen molar-refractivity contribution in [2.75, 3.05) is 5.32 Å². The average Bonchev–Trinajstić information content (AvgIpc) is 2.69. The van der Waals surface area contributed by atoms with Crippen molar-refractivity contribution in [2.24, 2.45) is 0 Å². The normalized spacial score (nSPS) is 11.5. The lowest BCUT2D eigenvalue weighted by Crippen LogP contribution is -2.31. The van der Waals surface area contributed by atoms with Crippen molar-refractivity contribution in [1.82, 2.24) is 0 Å². The molecule has 0 aliphatic heterocycles. The minimum Gasteiger partial charge on any atom is -0.480 e. The van der Waals surface area contributed by atoms with Crippen LogP contribution in [-0.4, -0.2) is 22.9 Å². The van der Waals surface area contributed by atoms with Gasteiger partial charge in [-0.2, -0.15) is 0 Å². The number of carbonyl (C=O) groups is 2. The largest absolute Gasteiger partial charge is 0.480 e. The van der Waals surface area contributed by atoms with Crippen molar-refractivity contribution in [3.63, 3.8) is 0 Å². The van der Waals surface area contributed by atoms with E-state index in [-0.39, 0.29) is 5.78 Å². The van der Waals surface area contributed by atoms with E-state index in [1.165, 1.54) is 0 Å². The van der Waals surface area contributed by atoms with Gasteiger partial charge in [0.2, 0.25) is 0 Å². The molecule has 4 nitrogen and oxygen atoms in total. The Hall–Kier alpha value is -3.40. The topological polar surface area (TPSA) is 66.4 Å². The SMILES string of the molecule is O=C(c1ccccc1)c1ccc(N[C@@H](Cc2ccccc2)C(=O)O)cc1. The summed E-state index contributed by atoms with van der Waals surface area (Å²) in [5, 5.41) is 12.5. The first kappa shape index (κ1) is 17.4. The highest BCUT2D eigenvalue weighted by molar-refractivity contribution is 6.09. The molecule has 26 heavy (non-hydrogen) atoms. The van der Waals surface area contributed by atoms with Crippen LogP contribution in [0.2, 0.25) is 0 Å². The molecule has 0 saturated carbocycles. The van der Waals surface area contributed by atoms with Gasteiger partial charge in [0.05, 0.1) is 0 Å². The molecule has 130 valence electrons. The van der Waals surface area contributed by atoms with Crippen molar-refractivity contribution in [2.45, 2.75) is 12.5 Å². The van der Waals surface area contributed by atoms with Crippen molar-refractivity contribution in [3.8, 4) is 0 Å². The number of aliphatic carboxylic acids is 1. The zero-order valence-corrected chi connectivity index (χ0v) is 14.1. The molecule has 0 bridgehead atoms. The first-order chi connectivity index (χ1) is 12.6. The number of benzene rings is 3. The third kappa shape index (κ3) is 4.36. The predicted octanol–water partition coefficient (Wildman–Crippen LogP) is 4.03. The third-order valence-corrected chi connectivity index (χ3v) is 4.10. The van der Waals surface area contributed by atoms with Gasteiger partial charge in [-0.1, -0.05) is 60.7 Å². The molecule has 0 unspecified atom stereocenters. The molecule has 0 fully saturated rings. The molecule has 0 heterocycles. The smallest absolute Gasteiger partial charge is 0.326 e. The number of hydrogen-bond donors (Lipinski definition) is 2. The molecule has 0 aliphatic carbocycles. The molecule has 0 spiro atoms. The van der Waals surface area contributed by atoms with E-state index < -0.39 is 12.0 Å². The molecule has 0 aromatic heterocycles. The van der Waals surface area contributed by atoms with Crippen molar-refractivity contribution in [3.05, 3.63) is 102 Å². The lowest BCUT2D eigenvalue weighted by Gasteiger charge is -2.16. The number of carbonyl (C=O) groups excluding carboxylic acids is 1. The highest BCUT2D eigenvalue weighted by Gasteiger charge is 2.18. The van der Waals surface area contributed by atoms with E-state index in [0.29, 0.717) is 23.2 Å². The van der Waals surface area contributed by atoms with Crippen LogP contribution in [-0.2, 0) is 11.2 Å². The fourth-order valence-electron chi connectivity index (χ4n) is 2.73. The zero-order chi connectivity index (χ0) is 18.4. The number of anilines is 1. The minimum absolute atomic E-state index is 0.0591. The maximum absolute atomic E-state index is 12.4. The monoisotopic (exact) mass is 345 g/mol. The molecular weight excluding hydrogens is 326 g/mol. The second-order valence-corrected chi connectivity index (χ2v) is 6.00. The van der Waals surface area contributed by atoms with Gasteiger partial charge >= 0.3 is 5.97 Å². The van der Waals surface area contributed by atoms with Crippen molar-refractivity contribution >= 4 is 17.4 Å². The molecule has 0 aliphatic rings. The highest BCUT2D eigenvalue weighted by Crippen LogP contribution is 2.16. The van der Waals surface area contributed by atoms with Crippen LogP contribution >= 0.6 is 0 Å². The zero-order valence-electron chi connectivity index (χ0n) is 14.1. The fourth-order valence-corrected chi connectivity index (χ4v) is 2.73. The van der Waals surface area contributed by atoms with Gasteiger partial charge in [0.15, 0.2) is 5.78 Å². The van der Waals surface area contributed by atoms with Crippen LogP contribution in [0, 0.1) is 0 Å². The van der Waals surface area contributed by atoms with Gasteiger partial charge in [-0.15, -0.1) is 0 Å². The second kappa shape index (κ2) is 8.12. The molecule has 0 radical (unpaired) electrons. The quantitative estimate of drug-likeness (QED) is 0.635. The van der Waals surface area contributed by atoms with Crippen LogP contribution in [0.1, 0.15) is 21.5 Å². The number of nitrogens with one attached hydrogen (secondary N) is 1. The van der Waals surface area contributed by atoms with Crippen LogP contribution in [0.25, 0.3) is 0 Å². The Balaban J connectivity index is 1.71. The average molecular weight is 345 g/mol. The van der Waals surface area contributed by atoms with Crippen LogP contribution in [0.15, 0.2) is 84.9 Å². The fraction of sp³-hybridized carbons (Fsp3) is 0.0909. The van der Waals surface area contributed by atoms with E-state index in [9.17, 15) is 14.7 Å². The van der Waals surface area contributed by atoms with Gasteiger partial charge in [0.1, 0.15) is 6.04 Å².